The van der Waals surface area contributed by atoms with Gasteiger partial charge in [0, 0.05) is 34.6 Å². The van der Waals surface area contributed by atoms with Crippen LogP contribution in [-0.2, 0) is 19.2 Å². The maximum atomic E-state index is 13.7. The lowest BCUT2D eigenvalue weighted by atomic mass is 10.0. The molecule has 35 heavy (non-hydrogen) atoms. The highest BCUT2D eigenvalue weighted by Gasteiger charge is 2.32. The van der Waals surface area contributed by atoms with Crippen molar-refractivity contribution in [2.24, 2.45) is 0 Å². The smallest absolute Gasteiger partial charge is 0.433 e. The van der Waals surface area contributed by atoms with E-state index in [-0.39, 0.29) is 12.4 Å². The number of halogens is 4. The number of ether oxygens (including phenoxy) is 2. The van der Waals surface area contributed by atoms with Gasteiger partial charge < -0.3 is 14.5 Å². The molecule has 0 saturated heterocycles. The minimum atomic E-state index is -4.48. The zero-order chi connectivity index (χ0) is 25.2. The molecule has 1 N–H and O–H groups in total. The van der Waals surface area contributed by atoms with E-state index < -0.39 is 11.9 Å². The minimum absolute atomic E-state index is 0.0452. The van der Waals surface area contributed by atoms with Gasteiger partial charge in [0.15, 0.2) is 0 Å². The molecule has 0 saturated carbocycles. The molecule has 2 heterocycles. The van der Waals surface area contributed by atoms with Crippen LogP contribution in [0.25, 0.3) is 22.6 Å². The molecule has 0 unspecified atom stereocenters. The summed E-state index contributed by atoms with van der Waals surface area (Å²) in [5.41, 5.74) is 3.45. The summed E-state index contributed by atoms with van der Waals surface area (Å²) in [5, 5.41) is 0. The van der Waals surface area contributed by atoms with Crippen LogP contribution >= 0.6 is 0 Å². The highest BCUT2D eigenvalue weighted by atomic mass is 19.4. The van der Waals surface area contributed by atoms with Crippen LogP contribution in [0.3, 0.4) is 0 Å². The Morgan fingerprint density at radius 2 is 1.77 bits per heavy atom. The predicted molar refractivity (Wildman–Crippen MR) is 124 cm³/mol. The fourth-order valence-corrected chi connectivity index (χ4v) is 3.74. The molecule has 0 radical (unpaired) electrons. The Hall–Kier alpha value is -3.88. The summed E-state index contributed by atoms with van der Waals surface area (Å²) in [6.45, 7) is 3.89. The van der Waals surface area contributed by atoms with Crippen LogP contribution in [-0.4, -0.2) is 22.1 Å². The van der Waals surface area contributed by atoms with Gasteiger partial charge >= 0.3 is 6.18 Å². The summed E-state index contributed by atoms with van der Waals surface area (Å²) < 4.78 is 63.0. The summed E-state index contributed by atoms with van der Waals surface area (Å²) in [6.07, 6.45) is -2.68. The molecule has 4 aromatic rings. The zero-order valence-corrected chi connectivity index (χ0v) is 19.3. The van der Waals surface area contributed by atoms with Crippen LogP contribution in [0, 0.1) is 12.7 Å². The molecular weight excluding hydrogens is 462 g/mol. The number of benzene rings is 2. The lowest BCUT2D eigenvalue weighted by Crippen LogP contribution is -2.08. The lowest BCUT2D eigenvalue weighted by molar-refractivity contribution is -0.141. The third-order valence-corrected chi connectivity index (χ3v) is 5.54. The Balaban J connectivity index is 1.56. The number of H-pyrrole nitrogens is 1. The van der Waals surface area contributed by atoms with Crippen molar-refractivity contribution in [2.45, 2.75) is 33.1 Å². The molecule has 2 aromatic heterocycles. The number of aryl methyl sites for hydroxylation is 2. The molecule has 182 valence electrons. The molecular formula is C26H23F4N3O2. The van der Waals surface area contributed by atoms with Crippen molar-refractivity contribution in [1.29, 1.82) is 0 Å². The number of hydrogen-bond donors (Lipinski definition) is 1. The standard InChI is InChI=1S/C26H23F4N3O2/c1-4-17-11-18(27)6-8-20(17)25-32-15(2)24(33-25)21-9-7-19(12-22(21)34-3)35-14-16-5-10-23(31-13-16)26(28,29)30/h5-13H,4,14H2,1-3H3,(H,32,33). The highest BCUT2D eigenvalue weighted by Crippen LogP contribution is 2.36. The molecule has 0 bridgehead atoms. The van der Waals surface area contributed by atoms with E-state index in [1.54, 1.807) is 24.3 Å². The monoisotopic (exact) mass is 485 g/mol. The summed E-state index contributed by atoms with van der Waals surface area (Å²) in [7, 11) is 1.53. The lowest BCUT2D eigenvalue weighted by Gasteiger charge is -2.12. The first-order valence-corrected chi connectivity index (χ1v) is 10.9. The molecule has 0 aliphatic rings. The van der Waals surface area contributed by atoms with Crippen molar-refractivity contribution in [2.75, 3.05) is 7.11 Å². The first-order chi connectivity index (χ1) is 16.7. The second-order valence-electron chi connectivity index (χ2n) is 7.91. The van der Waals surface area contributed by atoms with E-state index in [4.69, 9.17) is 14.5 Å². The molecule has 0 amide bonds. The fourth-order valence-electron chi connectivity index (χ4n) is 3.74. The third kappa shape index (κ3) is 5.29. The summed E-state index contributed by atoms with van der Waals surface area (Å²) >= 11 is 0. The highest BCUT2D eigenvalue weighted by molar-refractivity contribution is 5.74. The molecule has 5 nitrogen and oxygen atoms in total. The number of aromatic amines is 1. The fraction of sp³-hybridized carbons (Fsp3) is 0.231. The summed E-state index contributed by atoms with van der Waals surface area (Å²) in [4.78, 5) is 11.5. The number of alkyl halides is 3. The molecule has 9 heteroatoms. The van der Waals surface area contributed by atoms with Crippen molar-refractivity contribution < 1.29 is 27.0 Å². The third-order valence-electron chi connectivity index (χ3n) is 5.54. The average molecular weight is 485 g/mol. The van der Waals surface area contributed by atoms with Gasteiger partial charge in [0.05, 0.1) is 12.8 Å². The SMILES string of the molecule is CCc1cc(F)ccc1-c1nc(-c2ccc(OCc3ccc(C(F)(F)F)nc3)cc2OC)c(C)[nH]1. The second kappa shape index (κ2) is 9.77. The first-order valence-electron chi connectivity index (χ1n) is 10.9. The summed E-state index contributed by atoms with van der Waals surface area (Å²) in [6, 6.07) is 12.1. The first kappa shape index (κ1) is 24.3. The van der Waals surface area contributed by atoms with Gasteiger partial charge in [0.1, 0.15) is 35.4 Å². The topological polar surface area (TPSA) is 60.0 Å². The maximum Gasteiger partial charge on any atom is 0.433 e. The van der Waals surface area contributed by atoms with Crippen LogP contribution in [0.15, 0.2) is 54.7 Å². The van der Waals surface area contributed by atoms with E-state index in [9.17, 15) is 17.6 Å². The van der Waals surface area contributed by atoms with E-state index >= 15 is 0 Å². The molecule has 2 aromatic carbocycles. The van der Waals surface area contributed by atoms with E-state index in [1.165, 1.54) is 25.3 Å². The van der Waals surface area contributed by atoms with Crippen LogP contribution in [0.4, 0.5) is 17.6 Å². The van der Waals surface area contributed by atoms with Gasteiger partial charge in [-0.3, -0.25) is 4.98 Å². The van der Waals surface area contributed by atoms with Gasteiger partial charge in [-0.05, 0) is 55.3 Å². The van der Waals surface area contributed by atoms with Crippen molar-refractivity contribution in [3.63, 3.8) is 0 Å². The van der Waals surface area contributed by atoms with Gasteiger partial charge in [-0.15, -0.1) is 0 Å². The van der Waals surface area contributed by atoms with Crippen molar-refractivity contribution in [3.8, 4) is 34.1 Å². The van der Waals surface area contributed by atoms with E-state index in [0.29, 0.717) is 35.0 Å². The molecule has 0 aliphatic heterocycles. The van der Waals surface area contributed by atoms with Gasteiger partial charge in [-0.2, -0.15) is 13.2 Å². The van der Waals surface area contributed by atoms with E-state index in [1.807, 2.05) is 13.8 Å². The Kier molecular flexibility index (Phi) is 6.77. The molecule has 0 spiro atoms. The van der Waals surface area contributed by atoms with Crippen LogP contribution in [0.5, 0.6) is 11.5 Å². The minimum Gasteiger partial charge on any atom is -0.496 e. The van der Waals surface area contributed by atoms with Crippen LogP contribution in [0.1, 0.15) is 29.4 Å². The number of nitrogens with zero attached hydrogens (tertiary/aromatic N) is 2. The molecule has 4 rings (SSSR count). The second-order valence-corrected chi connectivity index (χ2v) is 7.91. The van der Waals surface area contributed by atoms with Crippen molar-refractivity contribution in [3.05, 3.63) is 83.1 Å². The Labute approximate surface area is 199 Å². The predicted octanol–water partition coefficient (Wildman–Crippen LogP) is 6.76. The normalized spacial score (nSPS) is 11.5. The van der Waals surface area contributed by atoms with Gasteiger partial charge in [0.25, 0.3) is 0 Å². The molecule has 0 aliphatic carbocycles. The zero-order valence-electron chi connectivity index (χ0n) is 19.3. The molecule has 0 fully saturated rings. The Morgan fingerprint density at radius 1 is 1.00 bits per heavy atom. The van der Waals surface area contributed by atoms with E-state index in [2.05, 4.69) is 9.97 Å². The number of imidazole rings is 1. The largest absolute Gasteiger partial charge is 0.496 e. The number of pyridine rings is 1. The quantitative estimate of drug-likeness (QED) is 0.294. The van der Waals surface area contributed by atoms with Crippen molar-refractivity contribution in [1.82, 2.24) is 15.0 Å². The average Bonchev–Trinajstić information content (AvgIpc) is 3.23. The Bertz CT molecular complexity index is 1330. The number of rotatable bonds is 7. The number of methoxy groups -OCH3 is 1. The Morgan fingerprint density at radius 3 is 2.43 bits per heavy atom. The number of hydrogen-bond acceptors (Lipinski definition) is 4. The van der Waals surface area contributed by atoms with E-state index in [0.717, 1.165) is 34.6 Å². The van der Waals surface area contributed by atoms with Gasteiger partial charge in [0.2, 0.25) is 0 Å². The van der Waals surface area contributed by atoms with Gasteiger partial charge in [-0.25, -0.2) is 9.37 Å². The molecule has 0 atom stereocenters. The van der Waals surface area contributed by atoms with Gasteiger partial charge in [-0.1, -0.05) is 13.0 Å². The maximum absolute atomic E-state index is 13.7. The number of aromatic nitrogens is 3. The van der Waals surface area contributed by atoms with Crippen molar-refractivity contribution >= 4 is 0 Å². The van der Waals surface area contributed by atoms with Crippen LogP contribution < -0.4 is 9.47 Å². The van der Waals surface area contributed by atoms with Crippen LogP contribution in [0.2, 0.25) is 0 Å². The summed E-state index contributed by atoms with van der Waals surface area (Å²) in [5.74, 6) is 1.33. The number of nitrogens with one attached hydrogen (secondary N) is 1.